The molecule has 24 heavy (non-hydrogen) atoms. The molecule has 2 amide bonds. The lowest BCUT2D eigenvalue weighted by atomic mass is 10.2. The van der Waals surface area contributed by atoms with Gasteiger partial charge in [0.25, 0.3) is 0 Å². The molecule has 7 heteroatoms. The fraction of sp³-hybridized carbons (Fsp3) is 0.118. The van der Waals surface area contributed by atoms with Crippen LogP contribution in [0, 0.1) is 0 Å². The molecule has 0 radical (unpaired) electrons. The number of anilines is 2. The molecule has 0 bridgehead atoms. The smallest absolute Gasteiger partial charge is 0.238 e. The first-order valence-corrected chi connectivity index (χ1v) is 8.38. The van der Waals surface area contributed by atoms with Gasteiger partial charge in [-0.15, -0.1) is 11.8 Å². The van der Waals surface area contributed by atoms with Gasteiger partial charge in [-0.1, -0.05) is 24.3 Å². The van der Waals surface area contributed by atoms with Crippen molar-refractivity contribution in [1.29, 1.82) is 0 Å². The normalized spacial score (nSPS) is 16.5. The van der Waals surface area contributed by atoms with E-state index in [0.717, 1.165) is 21.6 Å². The summed E-state index contributed by atoms with van der Waals surface area (Å²) in [7, 11) is 0. The van der Waals surface area contributed by atoms with Crippen molar-refractivity contribution in [2.45, 2.75) is 16.6 Å². The average molecular weight is 338 g/mol. The number of fused-ring (bicyclic) bond motifs is 2. The van der Waals surface area contributed by atoms with Crippen LogP contribution in [0.1, 0.15) is 6.42 Å². The number of amides is 2. The summed E-state index contributed by atoms with van der Waals surface area (Å²) in [6, 6.07) is 15.1. The van der Waals surface area contributed by atoms with Crippen LogP contribution in [0.4, 0.5) is 11.6 Å². The minimum absolute atomic E-state index is 0.0852. The summed E-state index contributed by atoms with van der Waals surface area (Å²) in [5, 5.41) is 5.11. The molecule has 120 valence electrons. The van der Waals surface area contributed by atoms with Crippen LogP contribution in [0.5, 0.6) is 0 Å². The predicted molar refractivity (Wildman–Crippen MR) is 94.1 cm³/mol. The molecule has 1 unspecified atom stereocenters. The summed E-state index contributed by atoms with van der Waals surface area (Å²) in [5.74, 6) is -0.0117. The number of nitrogens with zero attached hydrogens (tertiary/aromatic N) is 1. The molecule has 2 aromatic carbocycles. The summed E-state index contributed by atoms with van der Waals surface area (Å²) in [4.78, 5) is 32.7. The van der Waals surface area contributed by atoms with E-state index in [1.807, 2.05) is 48.5 Å². The number of rotatable bonds is 3. The highest BCUT2D eigenvalue weighted by atomic mass is 32.2. The van der Waals surface area contributed by atoms with Crippen LogP contribution in [-0.4, -0.2) is 27.0 Å². The molecule has 1 atom stereocenters. The summed E-state index contributed by atoms with van der Waals surface area (Å²) in [6.07, 6.45) is 0.0852. The highest BCUT2D eigenvalue weighted by molar-refractivity contribution is 8.01. The number of hydrogen-bond donors (Lipinski definition) is 3. The molecule has 1 aliphatic heterocycles. The summed E-state index contributed by atoms with van der Waals surface area (Å²) < 4.78 is 0. The van der Waals surface area contributed by atoms with Gasteiger partial charge in [0.05, 0.1) is 22.0 Å². The number of aromatic amines is 1. The van der Waals surface area contributed by atoms with Crippen LogP contribution < -0.4 is 10.6 Å². The van der Waals surface area contributed by atoms with Crippen molar-refractivity contribution in [2.75, 3.05) is 10.6 Å². The maximum Gasteiger partial charge on any atom is 0.238 e. The minimum Gasteiger partial charge on any atom is -0.324 e. The third-order valence-electron chi connectivity index (χ3n) is 3.72. The maximum atomic E-state index is 12.3. The van der Waals surface area contributed by atoms with E-state index in [-0.39, 0.29) is 18.2 Å². The zero-order valence-electron chi connectivity index (χ0n) is 12.6. The molecule has 3 aromatic rings. The molecule has 1 aliphatic rings. The minimum atomic E-state index is -0.454. The van der Waals surface area contributed by atoms with Gasteiger partial charge in [-0.2, -0.15) is 0 Å². The van der Waals surface area contributed by atoms with Crippen molar-refractivity contribution in [3.05, 3.63) is 48.5 Å². The Morgan fingerprint density at radius 2 is 1.96 bits per heavy atom. The first-order valence-electron chi connectivity index (χ1n) is 7.50. The Morgan fingerprint density at radius 3 is 2.83 bits per heavy atom. The lowest BCUT2D eigenvalue weighted by Gasteiger charge is -2.23. The molecule has 2 heterocycles. The van der Waals surface area contributed by atoms with E-state index in [4.69, 9.17) is 0 Å². The van der Waals surface area contributed by atoms with Crippen LogP contribution in [0.3, 0.4) is 0 Å². The average Bonchev–Trinajstić information content (AvgIpc) is 2.97. The van der Waals surface area contributed by atoms with Gasteiger partial charge in [-0.25, -0.2) is 4.98 Å². The van der Waals surface area contributed by atoms with Crippen LogP contribution in [0.2, 0.25) is 0 Å². The van der Waals surface area contributed by atoms with E-state index in [1.165, 1.54) is 11.8 Å². The predicted octanol–water partition coefficient (Wildman–Crippen LogP) is 3.00. The molecule has 0 aliphatic carbocycles. The number of carbonyl (C=O) groups is 2. The number of para-hydroxylation sites is 3. The van der Waals surface area contributed by atoms with E-state index >= 15 is 0 Å². The quantitative estimate of drug-likeness (QED) is 0.685. The number of imidazole rings is 1. The fourth-order valence-corrected chi connectivity index (χ4v) is 3.70. The van der Waals surface area contributed by atoms with Gasteiger partial charge in [-0.05, 0) is 24.3 Å². The molecule has 0 spiro atoms. The van der Waals surface area contributed by atoms with Crippen LogP contribution in [0.15, 0.2) is 53.4 Å². The Balaban J connectivity index is 1.45. The standard InChI is InChI=1S/C17H14N4O2S/c22-15(21-17-19-10-5-1-2-6-11(10)20-17)9-14-16(23)18-12-7-3-4-8-13(12)24-14/h1-8,14H,9H2,(H,18,23)(H2,19,20,21,22). The summed E-state index contributed by atoms with van der Waals surface area (Å²) in [5.41, 5.74) is 2.43. The molecule has 0 fully saturated rings. The van der Waals surface area contributed by atoms with Crippen molar-refractivity contribution in [3.63, 3.8) is 0 Å². The summed E-state index contributed by atoms with van der Waals surface area (Å²) in [6.45, 7) is 0. The third-order valence-corrected chi connectivity index (χ3v) is 5.00. The molecule has 4 rings (SSSR count). The molecule has 6 nitrogen and oxygen atoms in total. The first kappa shape index (κ1) is 14.8. The number of hydrogen-bond acceptors (Lipinski definition) is 4. The van der Waals surface area contributed by atoms with E-state index in [2.05, 4.69) is 20.6 Å². The Kier molecular flexibility index (Phi) is 3.70. The lowest BCUT2D eigenvalue weighted by Crippen LogP contribution is -2.32. The number of carbonyl (C=O) groups excluding carboxylic acids is 2. The monoisotopic (exact) mass is 338 g/mol. The van der Waals surface area contributed by atoms with Crippen molar-refractivity contribution in [3.8, 4) is 0 Å². The van der Waals surface area contributed by atoms with E-state index in [9.17, 15) is 9.59 Å². The Hall–Kier alpha value is -2.80. The van der Waals surface area contributed by atoms with Crippen LogP contribution in [-0.2, 0) is 9.59 Å². The number of benzene rings is 2. The largest absolute Gasteiger partial charge is 0.324 e. The van der Waals surface area contributed by atoms with Gasteiger partial charge >= 0.3 is 0 Å². The Labute approximate surface area is 142 Å². The van der Waals surface area contributed by atoms with Crippen LogP contribution >= 0.6 is 11.8 Å². The van der Waals surface area contributed by atoms with Crippen molar-refractivity contribution in [1.82, 2.24) is 9.97 Å². The Bertz CT molecular complexity index is 904. The van der Waals surface area contributed by atoms with E-state index < -0.39 is 5.25 Å². The van der Waals surface area contributed by atoms with Crippen molar-refractivity contribution >= 4 is 46.2 Å². The number of H-pyrrole nitrogens is 1. The zero-order valence-corrected chi connectivity index (χ0v) is 13.4. The van der Waals surface area contributed by atoms with E-state index in [1.54, 1.807) is 0 Å². The molecule has 0 saturated heterocycles. The number of thioether (sulfide) groups is 1. The highest BCUT2D eigenvalue weighted by Crippen LogP contribution is 2.36. The van der Waals surface area contributed by atoms with Crippen molar-refractivity contribution < 1.29 is 9.59 Å². The van der Waals surface area contributed by atoms with Gasteiger partial charge in [0.1, 0.15) is 0 Å². The molecular formula is C17H14N4O2S. The SMILES string of the molecule is O=C(CC1Sc2ccccc2NC1=O)Nc1nc2ccccc2[nH]1. The second-order valence-electron chi connectivity index (χ2n) is 5.45. The fourth-order valence-electron chi connectivity index (χ4n) is 2.59. The molecule has 3 N–H and O–H groups in total. The van der Waals surface area contributed by atoms with Gasteiger partial charge in [0.15, 0.2) is 0 Å². The molecule has 1 aromatic heterocycles. The second kappa shape index (κ2) is 6.01. The topological polar surface area (TPSA) is 86.9 Å². The van der Waals surface area contributed by atoms with Gasteiger partial charge in [-0.3, -0.25) is 14.9 Å². The maximum absolute atomic E-state index is 12.3. The van der Waals surface area contributed by atoms with Gasteiger partial charge in [0, 0.05) is 11.3 Å². The van der Waals surface area contributed by atoms with Gasteiger partial charge in [0.2, 0.25) is 17.8 Å². The molecular weight excluding hydrogens is 324 g/mol. The number of aromatic nitrogens is 2. The van der Waals surface area contributed by atoms with Gasteiger partial charge < -0.3 is 10.3 Å². The second-order valence-corrected chi connectivity index (χ2v) is 6.69. The lowest BCUT2D eigenvalue weighted by molar-refractivity contribution is -0.120. The van der Waals surface area contributed by atoms with Crippen LogP contribution in [0.25, 0.3) is 11.0 Å². The van der Waals surface area contributed by atoms with Crippen molar-refractivity contribution in [2.24, 2.45) is 0 Å². The number of nitrogens with one attached hydrogen (secondary N) is 3. The zero-order chi connectivity index (χ0) is 16.5. The van der Waals surface area contributed by atoms with E-state index in [0.29, 0.717) is 5.95 Å². The Morgan fingerprint density at radius 1 is 1.17 bits per heavy atom. The highest BCUT2D eigenvalue weighted by Gasteiger charge is 2.28. The third kappa shape index (κ3) is 2.85. The first-order chi connectivity index (χ1) is 11.7. The summed E-state index contributed by atoms with van der Waals surface area (Å²) >= 11 is 1.41. The molecule has 0 saturated carbocycles.